The van der Waals surface area contributed by atoms with Crippen LogP contribution in [0.1, 0.15) is 46.6 Å². The first kappa shape index (κ1) is 14.8. The zero-order valence-corrected chi connectivity index (χ0v) is 13.4. The lowest BCUT2D eigenvalue weighted by Crippen LogP contribution is -2.24. The van der Waals surface area contributed by atoms with Gasteiger partial charge in [0.1, 0.15) is 0 Å². The summed E-state index contributed by atoms with van der Waals surface area (Å²) in [7, 11) is 0. The molecule has 0 heteroatoms. The predicted octanol–water partition coefficient (Wildman–Crippen LogP) is 6.07. The second kappa shape index (κ2) is 5.44. The van der Waals surface area contributed by atoms with Crippen LogP contribution in [0.5, 0.6) is 0 Å². The lowest BCUT2D eigenvalue weighted by atomic mass is 9.72. The summed E-state index contributed by atoms with van der Waals surface area (Å²) >= 11 is 0. The summed E-state index contributed by atoms with van der Waals surface area (Å²) in [6, 6.07) is 19.6. The van der Waals surface area contributed by atoms with E-state index in [-0.39, 0.29) is 5.41 Å². The average molecular weight is 266 g/mol. The Kier molecular flexibility index (Phi) is 4.04. The highest BCUT2D eigenvalue weighted by atomic mass is 14.3. The molecule has 0 unspecified atom stereocenters. The van der Waals surface area contributed by atoms with Crippen LogP contribution in [0, 0.1) is 5.41 Å². The highest BCUT2D eigenvalue weighted by Crippen LogP contribution is 2.37. The van der Waals surface area contributed by atoms with Crippen molar-refractivity contribution in [2.24, 2.45) is 5.41 Å². The van der Waals surface area contributed by atoms with Gasteiger partial charge in [0, 0.05) is 0 Å². The molecule has 2 aromatic rings. The minimum absolute atomic E-state index is 0.197. The number of hydrogen-bond donors (Lipinski definition) is 0. The Hall–Kier alpha value is -1.56. The van der Waals surface area contributed by atoms with E-state index < -0.39 is 0 Å². The second-order valence-electron chi connectivity index (χ2n) is 7.57. The zero-order valence-electron chi connectivity index (χ0n) is 13.4. The zero-order chi connectivity index (χ0) is 14.8. The summed E-state index contributed by atoms with van der Waals surface area (Å²) in [5.74, 6) is 0. The van der Waals surface area contributed by atoms with Gasteiger partial charge in [-0.05, 0) is 33.9 Å². The Morgan fingerprint density at radius 1 is 0.700 bits per heavy atom. The maximum absolute atomic E-state index is 2.35. The first-order chi connectivity index (χ1) is 9.28. The van der Waals surface area contributed by atoms with Crippen LogP contribution in [0.2, 0.25) is 0 Å². The van der Waals surface area contributed by atoms with E-state index in [1.807, 2.05) is 0 Å². The van der Waals surface area contributed by atoms with Crippen LogP contribution >= 0.6 is 0 Å². The lowest BCUT2D eigenvalue weighted by Gasteiger charge is -2.33. The maximum Gasteiger partial charge on any atom is -0.00984 e. The lowest BCUT2D eigenvalue weighted by molar-refractivity contribution is 0.284. The van der Waals surface area contributed by atoms with Crippen molar-refractivity contribution in [1.82, 2.24) is 0 Å². The van der Waals surface area contributed by atoms with Gasteiger partial charge in [0.15, 0.2) is 0 Å². The van der Waals surface area contributed by atoms with E-state index >= 15 is 0 Å². The summed E-state index contributed by atoms with van der Waals surface area (Å²) in [6.45, 7) is 11.6. The molecule has 106 valence electrons. The Morgan fingerprint density at radius 2 is 1.30 bits per heavy atom. The van der Waals surface area contributed by atoms with Crippen LogP contribution < -0.4 is 0 Å². The molecule has 0 aliphatic rings. The van der Waals surface area contributed by atoms with E-state index in [1.165, 1.54) is 23.1 Å². The molecule has 0 amide bonds. The van der Waals surface area contributed by atoms with Gasteiger partial charge in [-0.25, -0.2) is 0 Å². The van der Waals surface area contributed by atoms with Crippen molar-refractivity contribution in [2.45, 2.75) is 46.5 Å². The van der Waals surface area contributed by atoms with Crippen molar-refractivity contribution in [3.05, 3.63) is 60.2 Å². The smallest absolute Gasteiger partial charge is 0.00984 e. The highest BCUT2D eigenvalue weighted by molar-refractivity contribution is 5.64. The quantitative estimate of drug-likeness (QED) is 0.632. The molecule has 2 aromatic carbocycles. The van der Waals surface area contributed by atoms with E-state index in [4.69, 9.17) is 0 Å². The molecular weight excluding hydrogens is 240 g/mol. The molecule has 0 saturated carbocycles. The monoisotopic (exact) mass is 266 g/mol. The van der Waals surface area contributed by atoms with Crippen LogP contribution in [0.15, 0.2) is 54.6 Å². The van der Waals surface area contributed by atoms with E-state index in [0.29, 0.717) is 5.41 Å². The molecule has 0 aromatic heterocycles. The minimum atomic E-state index is 0.197. The van der Waals surface area contributed by atoms with E-state index in [9.17, 15) is 0 Å². The molecule has 0 fully saturated rings. The molecule has 0 atom stereocenters. The number of benzene rings is 2. The topological polar surface area (TPSA) is 0 Å². The fourth-order valence-corrected chi connectivity index (χ4v) is 3.18. The Bertz CT molecular complexity index is 556. The average Bonchev–Trinajstić information content (AvgIpc) is 2.37. The predicted molar refractivity (Wildman–Crippen MR) is 89.0 cm³/mol. The van der Waals surface area contributed by atoms with Crippen molar-refractivity contribution in [3.8, 4) is 11.1 Å². The molecule has 0 radical (unpaired) electrons. The van der Waals surface area contributed by atoms with Crippen LogP contribution in [0.3, 0.4) is 0 Å². The van der Waals surface area contributed by atoms with Crippen LogP contribution in [-0.2, 0) is 5.41 Å². The summed E-state index contributed by atoms with van der Waals surface area (Å²) in [5, 5.41) is 0. The number of hydrogen-bond acceptors (Lipinski definition) is 0. The van der Waals surface area contributed by atoms with Crippen LogP contribution in [-0.4, -0.2) is 0 Å². The molecule has 2 rings (SSSR count). The van der Waals surface area contributed by atoms with Gasteiger partial charge in [-0.1, -0.05) is 89.2 Å². The fourth-order valence-electron chi connectivity index (χ4n) is 3.18. The SMILES string of the molecule is CC(C)(C)CC(C)(C)c1cccc(-c2ccccc2)c1. The fraction of sp³-hybridized carbons (Fsp3) is 0.400. The first-order valence-corrected chi connectivity index (χ1v) is 7.44. The van der Waals surface area contributed by atoms with Gasteiger partial charge >= 0.3 is 0 Å². The van der Waals surface area contributed by atoms with Crippen molar-refractivity contribution < 1.29 is 0 Å². The van der Waals surface area contributed by atoms with Gasteiger partial charge in [-0.3, -0.25) is 0 Å². The third-order valence-electron chi connectivity index (χ3n) is 3.72. The van der Waals surface area contributed by atoms with Gasteiger partial charge in [-0.15, -0.1) is 0 Å². The van der Waals surface area contributed by atoms with Crippen molar-refractivity contribution in [3.63, 3.8) is 0 Å². The summed E-state index contributed by atoms with van der Waals surface area (Å²) in [5.41, 5.74) is 4.56. The van der Waals surface area contributed by atoms with E-state index in [2.05, 4.69) is 89.2 Å². The van der Waals surface area contributed by atoms with Crippen molar-refractivity contribution in [2.75, 3.05) is 0 Å². The van der Waals surface area contributed by atoms with Crippen LogP contribution in [0.4, 0.5) is 0 Å². The largest absolute Gasteiger partial charge is 0.0622 e. The summed E-state index contributed by atoms with van der Waals surface area (Å²) in [6.07, 6.45) is 1.18. The standard InChI is InChI=1S/C20H26/c1-19(2,3)15-20(4,5)18-13-9-12-17(14-18)16-10-7-6-8-11-16/h6-14H,15H2,1-5H3. The van der Waals surface area contributed by atoms with Crippen molar-refractivity contribution in [1.29, 1.82) is 0 Å². The molecule has 0 aliphatic carbocycles. The van der Waals surface area contributed by atoms with Gasteiger partial charge in [0.2, 0.25) is 0 Å². The van der Waals surface area contributed by atoms with Gasteiger partial charge in [0.05, 0.1) is 0 Å². The molecular formula is C20H26. The molecule has 0 nitrogen and oxygen atoms in total. The van der Waals surface area contributed by atoms with Gasteiger partial charge < -0.3 is 0 Å². The van der Waals surface area contributed by atoms with Gasteiger partial charge in [-0.2, -0.15) is 0 Å². The van der Waals surface area contributed by atoms with E-state index in [1.54, 1.807) is 0 Å². The highest BCUT2D eigenvalue weighted by Gasteiger charge is 2.27. The first-order valence-electron chi connectivity index (χ1n) is 7.44. The Morgan fingerprint density at radius 3 is 1.90 bits per heavy atom. The summed E-state index contributed by atoms with van der Waals surface area (Å²) < 4.78 is 0. The third-order valence-corrected chi connectivity index (χ3v) is 3.72. The third kappa shape index (κ3) is 3.72. The number of rotatable bonds is 3. The molecule has 0 spiro atoms. The molecule has 0 heterocycles. The maximum atomic E-state index is 2.35. The normalized spacial score (nSPS) is 12.4. The molecule has 20 heavy (non-hydrogen) atoms. The molecule has 0 saturated heterocycles. The van der Waals surface area contributed by atoms with E-state index in [0.717, 1.165) is 0 Å². The Labute approximate surface area is 123 Å². The Balaban J connectivity index is 2.35. The summed E-state index contributed by atoms with van der Waals surface area (Å²) in [4.78, 5) is 0. The second-order valence-corrected chi connectivity index (χ2v) is 7.57. The van der Waals surface area contributed by atoms with Crippen molar-refractivity contribution >= 4 is 0 Å². The molecule has 0 aliphatic heterocycles. The van der Waals surface area contributed by atoms with Gasteiger partial charge in [0.25, 0.3) is 0 Å². The molecule has 0 bridgehead atoms. The van der Waals surface area contributed by atoms with Crippen LogP contribution in [0.25, 0.3) is 11.1 Å². The molecule has 0 N–H and O–H groups in total. The minimum Gasteiger partial charge on any atom is -0.0622 e.